The van der Waals surface area contributed by atoms with Crippen LogP contribution in [-0.4, -0.2) is 43.7 Å². The molecule has 1 aliphatic rings. The van der Waals surface area contributed by atoms with Gasteiger partial charge in [-0.05, 0) is 38.2 Å². The third kappa shape index (κ3) is 4.02. The van der Waals surface area contributed by atoms with Crippen LogP contribution >= 0.6 is 11.8 Å². The number of carbonyl (C=O) groups is 1. The maximum absolute atomic E-state index is 12.4. The highest BCUT2D eigenvalue weighted by molar-refractivity contribution is 7.98. The Morgan fingerprint density at radius 1 is 1.32 bits per heavy atom. The zero-order valence-corrected chi connectivity index (χ0v) is 14.5. The van der Waals surface area contributed by atoms with Crippen LogP contribution in [0.15, 0.2) is 29.2 Å². The highest BCUT2D eigenvalue weighted by Crippen LogP contribution is 2.27. The van der Waals surface area contributed by atoms with Gasteiger partial charge in [-0.25, -0.2) is 12.7 Å². The molecule has 122 valence electrons. The molecular weight excluding hydrogens is 320 g/mol. The molecule has 0 unspecified atom stereocenters. The molecule has 1 aromatic rings. The van der Waals surface area contributed by atoms with Crippen LogP contribution in [0.4, 0.5) is 5.69 Å². The number of hydrogen-bond acceptors (Lipinski definition) is 4. The molecule has 1 N–H and O–H groups in total. The molecule has 1 saturated heterocycles. The molecule has 1 amide bonds. The van der Waals surface area contributed by atoms with Crippen molar-refractivity contribution in [1.29, 1.82) is 0 Å². The Labute approximate surface area is 136 Å². The van der Waals surface area contributed by atoms with Gasteiger partial charge < -0.3 is 5.32 Å². The maximum Gasteiger partial charge on any atom is 0.227 e. The summed E-state index contributed by atoms with van der Waals surface area (Å²) in [4.78, 5) is 13.4. The topological polar surface area (TPSA) is 66.5 Å². The quantitative estimate of drug-likeness (QED) is 0.835. The molecule has 0 aliphatic carbocycles. The standard InChI is InChI=1S/C15H22N2O3S2/c1-3-22(19,20)17-10-8-12(9-11-17)15(18)16-13-6-4-5-7-14(13)21-2/h4-7,12H,3,8-11H2,1-2H3,(H,16,18). The zero-order valence-electron chi connectivity index (χ0n) is 12.9. The predicted molar refractivity (Wildman–Crippen MR) is 90.6 cm³/mol. The molecule has 0 radical (unpaired) electrons. The van der Waals surface area contributed by atoms with Gasteiger partial charge in [0.05, 0.1) is 11.4 Å². The van der Waals surface area contributed by atoms with E-state index in [2.05, 4.69) is 5.32 Å². The molecule has 0 spiro atoms. The Morgan fingerprint density at radius 3 is 2.55 bits per heavy atom. The summed E-state index contributed by atoms with van der Waals surface area (Å²) < 4.78 is 25.1. The summed E-state index contributed by atoms with van der Waals surface area (Å²) in [6.45, 7) is 2.50. The number of benzene rings is 1. The van der Waals surface area contributed by atoms with Crippen molar-refractivity contribution in [1.82, 2.24) is 4.31 Å². The smallest absolute Gasteiger partial charge is 0.227 e. The number of carbonyl (C=O) groups excluding carboxylic acids is 1. The lowest BCUT2D eigenvalue weighted by Crippen LogP contribution is -2.42. The molecule has 0 aromatic heterocycles. The summed E-state index contributed by atoms with van der Waals surface area (Å²) in [5.41, 5.74) is 0.823. The molecule has 0 saturated carbocycles. The second-order valence-electron chi connectivity index (χ2n) is 5.26. The molecule has 1 heterocycles. The minimum Gasteiger partial charge on any atom is -0.325 e. The first-order valence-electron chi connectivity index (χ1n) is 7.39. The van der Waals surface area contributed by atoms with Gasteiger partial charge in [-0.1, -0.05) is 12.1 Å². The Hall–Kier alpha value is -1.05. The summed E-state index contributed by atoms with van der Waals surface area (Å²) in [6.07, 6.45) is 3.12. The Kier molecular flexibility index (Phi) is 5.88. The van der Waals surface area contributed by atoms with Gasteiger partial charge in [0.25, 0.3) is 0 Å². The van der Waals surface area contributed by atoms with E-state index in [1.165, 1.54) is 4.31 Å². The number of rotatable bonds is 5. The molecule has 1 fully saturated rings. The second-order valence-corrected chi connectivity index (χ2v) is 8.37. The molecule has 5 nitrogen and oxygen atoms in total. The summed E-state index contributed by atoms with van der Waals surface area (Å²) in [7, 11) is -3.14. The lowest BCUT2D eigenvalue weighted by molar-refractivity contribution is -0.120. The van der Waals surface area contributed by atoms with Crippen LogP contribution in [0.2, 0.25) is 0 Å². The third-order valence-electron chi connectivity index (χ3n) is 3.95. The number of amides is 1. The van der Waals surface area contributed by atoms with Crippen molar-refractivity contribution < 1.29 is 13.2 Å². The molecular formula is C15H22N2O3S2. The average Bonchev–Trinajstić information content (AvgIpc) is 2.55. The molecule has 0 bridgehead atoms. The number of piperidine rings is 1. The van der Waals surface area contributed by atoms with Crippen molar-refractivity contribution >= 4 is 33.4 Å². The number of anilines is 1. The second kappa shape index (κ2) is 7.48. The van der Waals surface area contributed by atoms with Gasteiger partial charge in [-0.3, -0.25) is 4.79 Å². The first-order valence-corrected chi connectivity index (χ1v) is 10.2. The molecule has 2 rings (SSSR count). The molecule has 22 heavy (non-hydrogen) atoms. The molecule has 1 aromatic carbocycles. The lowest BCUT2D eigenvalue weighted by atomic mass is 9.97. The van der Waals surface area contributed by atoms with E-state index >= 15 is 0 Å². The van der Waals surface area contributed by atoms with E-state index in [0.717, 1.165) is 10.6 Å². The zero-order chi connectivity index (χ0) is 16.2. The fraction of sp³-hybridized carbons (Fsp3) is 0.533. The summed E-state index contributed by atoms with van der Waals surface area (Å²) in [5.74, 6) is -0.0291. The van der Waals surface area contributed by atoms with Gasteiger partial charge in [0.2, 0.25) is 15.9 Å². The van der Waals surface area contributed by atoms with Crippen molar-refractivity contribution in [3.63, 3.8) is 0 Å². The first-order chi connectivity index (χ1) is 10.5. The SMILES string of the molecule is CCS(=O)(=O)N1CCC(C(=O)Nc2ccccc2SC)CC1. The molecule has 1 aliphatic heterocycles. The first kappa shape index (κ1) is 17.3. The number of hydrogen-bond donors (Lipinski definition) is 1. The van der Waals surface area contributed by atoms with Crippen LogP contribution in [0.25, 0.3) is 0 Å². The third-order valence-corrected chi connectivity index (χ3v) is 6.63. The van der Waals surface area contributed by atoms with Gasteiger partial charge in [0, 0.05) is 23.9 Å². The fourth-order valence-electron chi connectivity index (χ4n) is 2.56. The van der Waals surface area contributed by atoms with Crippen molar-refractivity contribution in [2.75, 3.05) is 30.4 Å². The van der Waals surface area contributed by atoms with Crippen molar-refractivity contribution in [2.45, 2.75) is 24.7 Å². The van der Waals surface area contributed by atoms with E-state index in [4.69, 9.17) is 0 Å². The Morgan fingerprint density at radius 2 is 1.95 bits per heavy atom. The maximum atomic E-state index is 12.4. The number of thioether (sulfide) groups is 1. The number of para-hydroxylation sites is 1. The largest absolute Gasteiger partial charge is 0.325 e. The van der Waals surface area contributed by atoms with E-state index in [0.29, 0.717) is 25.9 Å². The van der Waals surface area contributed by atoms with E-state index < -0.39 is 10.0 Å². The van der Waals surface area contributed by atoms with E-state index in [1.54, 1.807) is 18.7 Å². The number of sulfonamides is 1. The normalized spacial score (nSPS) is 17.4. The van der Waals surface area contributed by atoms with Crippen LogP contribution < -0.4 is 5.32 Å². The highest BCUT2D eigenvalue weighted by Gasteiger charge is 2.30. The van der Waals surface area contributed by atoms with E-state index in [-0.39, 0.29) is 17.6 Å². The van der Waals surface area contributed by atoms with Crippen molar-refractivity contribution in [3.8, 4) is 0 Å². The minimum absolute atomic E-state index is 0.0185. The molecule has 0 atom stereocenters. The van der Waals surface area contributed by atoms with Gasteiger partial charge in [-0.2, -0.15) is 0 Å². The van der Waals surface area contributed by atoms with Crippen molar-refractivity contribution in [3.05, 3.63) is 24.3 Å². The lowest BCUT2D eigenvalue weighted by Gasteiger charge is -2.30. The predicted octanol–water partition coefficient (Wildman–Crippen LogP) is 2.41. The Balaban J connectivity index is 1.96. The number of nitrogens with zero attached hydrogens (tertiary/aromatic N) is 1. The summed E-state index contributed by atoms with van der Waals surface area (Å²) in [5, 5.41) is 2.97. The van der Waals surface area contributed by atoms with Crippen LogP contribution in [-0.2, 0) is 14.8 Å². The minimum atomic E-state index is -3.14. The van der Waals surface area contributed by atoms with Crippen molar-refractivity contribution in [2.24, 2.45) is 5.92 Å². The van der Waals surface area contributed by atoms with Gasteiger partial charge >= 0.3 is 0 Å². The van der Waals surface area contributed by atoms with Crippen LogP contribution in [0.1, 0.15) is 19.8 Å². The monoisotopic (exact) mass is 342 g/mol. The summed E-state index contributed by atoms with van der Waals surface area (Å²) in [6, 6.07) is 7.69. The highest BCUT2D eigenvalue weighted by atomic mass is 32.2. The fourth-order valence-corrected chi connectivity index (χ4v) is 4.25. The van der Waals surface area contributed by atoms with Gasteiger partial charge in [-0.15, -0.1) is 11.8 Å². The van der Waals surface area contributed by atoms with Crippen LogP contribution in [0.5, 0.6) is 0 Å². The summed E-state index contributed by atoms with van der Waals surface area (Å²) >= 11 is 1.59. The number of nitrogens with one attached hydrogen (secondary N) is 1. The van der Waals surface area contributed by atoms with Crippen LogP contribution in [0, 0.1) is 5.92 Å². The van der Waals surface area contributed by atoms with E-state index in [1.807, 2.05) is 30.5 Å². The average molecular weight is 342 g/mol. The van der Waals surface area contributed by atoms with Crippen LogP contribution in [0.3, 0.4) is 0 Å². The van der Waals surface area contributed by atoms with Gasteiger partial charge in [0.1, 0.15) is 0 Å². The van der Waals surface area contributed by atoms with Gasteiger partial charge in [0.15, 0.2) is 0 Å². The molecule has 7 heteroatoms. The Bertz CT molecular complexity index is 623. The van der Waals surface area contributed by atoms with E-state index in [9.17, 15) is 13.2 Å².